The smallest absolute Gasteiger partial charge is 0.230 e. The third-order valence-electron chi connectivity index (χ3n) is 5.56. The van der Waals surface area contributed by atoms with Crippen LogP contribution in [-0.2, 0) is 17.6 Å². The average molecular weight is 422 g/mol. The summed E-state index contributed by atoms with van der Waals surface area (Å²) < 4.78 is 1.44. The SMILES string of the molecule is Cc1ccc(-c2nnc(SCC(=O)N[C@H](C)c3ccc4c(c3)CCCC4)n2N)cc1. The van der Waals surface area contributed by atoms with Crippen LogP contribution in [0.5, 0.6) is 0 Å². The van der Waals surface area contributed by atoms with Crippen LogP contribution < -0.4 is 11.2 Å². The number of nitrogens with two attached hydrogens (primary N) is 1. The standard InChI is InChI=1S/C23H27N5OS/c1-15-7-9-18(10-8-15)22-26-27-23(28(22)24)30-14-21(29)25-16(2)19-12-11-17-5-3-4-6-20(17)13-19/h7-13,16H,3-6,14,24H2,1-2H3,(H,25,29)/t16-/m1/s1. The van der Waals surface area contributed by atoms with Gasteiger partial charge in [0, 0.05) is 5.56 Å². The van der Waals surface area contributed by atoms with Gasteiger partial charge in [-0.3, -0.25) is 4.79 Å². The van der Waals surface area contributed by atoms with Crippen LogP contribution >= 0.6 is 11.8 Å². The van der Waals surface area contributed by atoms with Gasteiger partial charge in [-0.15, -0.1) is 10.2 Å². The van der Waals surface area contributed by atoms with E-state index in [9.17, 15) is 4.79 Å². The number of fused-ring (bicyclic) bond motifs is 1. The molecule has 0 bridgehead atoms. The number of carbonyl (C=O) groups is 1. The molecular weight excluding hydrogens is 394 g/mol. The van der Waals surface area contributed by atoms with Gasteiger partial charge in [0.05, 0.1) is 11.8 Å². The maximum absolute atomic E-state index is 12.5. The second-order valence-electron chi connectivity index (χ2n) is 7.86. The van der Waals surface area contributed by atoms with Crippen LogP contribution in [0.25, 0.3) is 11.4 Å². The van der Waals surface area contributed by atoms with E-state index in [2.05, 4.69) is 33.7 Å². The summed E-state index contributed by atoms with van der Waals surface area (Å²) in [5.74, 6) is 6.92. The molecule has 0 unspecified atom stereocenters. The van der Waals surface area contributed by atoms with Crippen LogP contribution in [0.4, 0.5) is 0 Å². The van der Waals surface area contributed by atoms with Crippen LogP contribution in [0.15, 0.2) is 47.6 Å². The summed E-state index contributed by atoms with van der Waals surface area (Å²) in [6.07, 6.45) is 4.82. The molecule has 156 valence electrons. The van der Waals surface area contributed by atoms with Crippen molar-refractivity contribution in [1.82, 2.24) is 20.2 Å². The molecule has 0 radical (unpaired) electrons. The molecule has 1 aromatic heterocycles. The van der Waals surface area contributed by atoms with Crippen LogP contribution in [0, 0.1) is 6.92 Å². The average Bonchev–Trinajstić information content (AvgIpc) is 3.12. The largest absolute Gasteiger partial charge is 0.349 e. The molecule has 3 N–H and O–H groups in total. The molecule has 0 saturated heterocycles. The van der Waals surface area contributed by atoms with Crippen molar-refractivity contribution in [3.8, 4) is 11.4 Å². The Hall–Kier alpha value is -2.80. The van der Waals surface area contributed by atoms with Gasteiger partial charge in [0.2, 0.25) is 11.1 Å². The number of aromatic nitrogens is 3. The Labute approximate surface area is 181 Å². The summed E-state index contributed by atoms with van der Waals surface area (Å²) in [5.41, 5.74) is 6.09. The topological polar surface area (TPSA) is 85.8 Å². The number of hydrogen-bond donors (Lipinski definition) is 2. The van der Waals surface area contributed by atoms with Crippen molar-refractivity contribution in [1.29, 1.82) is 0 Å². The van der Waals surface area contributed by atoms with Crippen molar-refractivity contribution in [3.63, 3.8) is 0 Å². The number of nitrogens with zero attached hydrogens (tertiary/aromatic N) is 3. The predicted molar refractivity (Wildman–Crippen MR) is 121 cm³/mol. The Morgan fingerprint density at radius 3 is 2.63 bits per heavy atom. The number of hydrogen-bond acceptors (Lipinski definition) is 5. The van der Waals surface area contributed by atoms with Gasteiger partial charge in [-0.05, 0) is 56.2 Å². The molecule has 0 aliphatic heterocycles. The molecule has 4 rings (SSSR count). The zero-order valence-electron chi connectivity index (χ0n) is 17.4. The summed E-state index contributed by atoms with van der Waals surface area (Å²) in [6.45, 7) is 4.05. The third kappa shape index (κ3) is 4.51. The maximum atomic E-state index is 12.5. The van der Waals surface area contributed by atoms with E-state index in [4.69, 9.17) is 5.84 Å². The molecular formula is C23H27N5OS. The van der Waals surface area contributed by atoms with Gasteiger partial charge in [0.15, 0.2) is 5.82 Å². The van der Waals surface area contributed by atoms with Gasteiger partial charge in [-0.2, -0.15) is 0 Å². The number of carbonyl (C=O) groups excluding carboxylic acids is 1. The van der Waals surface area contributed by atoms with E-state index in [0.717, 1.165) is 24.0 Å². The number of rotatable bonds is 6. The summed E-state index contributed by atoms with van der Waals surface area (Å²) in [5, 5.41) is 11.9. The van der Waals surface area contributed by atoms with Gasteiger partial charge >= 0.3 is 0 Å². The fourth-order valence-electron chi connectivity index (χ4n) is 3.79. The van der Waals surface area contributed by atoms with Crippen molar-refractivity contribution >= 4 is 17.7 Å². The molecule has 2 aromatic carbocycles. The maximum Gasteiger partial charge on any atom is 0.230 e. The summed E-state index contributed by atoms with van der Waals surface area (Å²) in [6, 6.07) is 14.5. The lowest BCUT2D eigenvalue weighted by Gasteiger charge is -2.20. The lowest BCUT2D eigenvalue weighted by atomic mass is 9.89. The first-order valence-electron chi connectivity index (χ1n) is 10.3. The van der Waals surface area contributed by atoms with Crippen LogP contribution in [0.2, 0.25) is 0 Å². The van der Waals surface area contributed by atoms with Crippen LogP contribution in [0.3, 0.4) is 0 Å². The van der Waals surface area contributed by atoms with E-state index in [1.165, 1.54) is 46.0 Å². The number of nitrogen functional groups attached to an aromatic ring is 1. The van der Waals surface area contributed by atoms with Crippen LogP contribution in [-0.4, -0.2) is 26.5 Å². The Kier molecular flexibility index (Phi) is 6.08. The van der Waals surface area contributed by atoms with E-state index in [1.807, 2.05) is 38.1 Å². The van der Waals surface area contributed by atoms with Crippen molar-refractivity contribution in [3.05, 3.63) is 64.7 Å². The molecule has 0 fully saturated rings. The minimum atomic E-state index is -0.0508. The molecule has 0 saturated carbocycles. The van der Waals surface area contributed by atoms with Gasteiger partial charge in [0.25, 0.3) is 0 Å². The molecule has 1 aliphatic rings. The quantitative estimate of drug-likeness (QED) is 0.467. The zero-order valence-corrected chi connectivity index (χ0v) is 18.2. The number of amides is 1. The summed E-state index contributed by atoms with van der Waals surface area (Å²) >= 11 is 1.29. The molecule has 3 aromatic rings. The van der Waals surface area contributed by atoms with Gasteiger partial charge in [-0.1, -0.05) is 59.8 Å². The first-order chi connectivity index (χ1) is 14.5. The van der Waals surface area contributed by atoms with Gasteiger partial charge in [0.1, 0.15) is 0 Å². The molecule has 1 aliphatic carbocycles. The minimum absolute atomic E-state index is 0.0378. The molecule has 1 amide bonds. The van der Waals surface area contributed by atoms with Crippen LogP contribution in [0.1, 0.15) is 48.1 Å². The highest BCUT2D eigenvalue weighted by Gasteiger charge is 2.16. The highest BCUT2D eigenvalue weighted by atomic mass is 32.2. The Morgan fingerprint density at radius 2 is 1.87 bits per heavy atom. The Balaban J connectivity index is 1.35. The van der Waals surface area contributed by atoms with Crippen molar-refractivity contribution < 1.29 is 4.79 Å². The fourth-order valence-corrected chi connectivity index (χ4v) is 4.46. The first-order valence-corrected chi connectivity index (χ1v) is 11.3. The molecule has 1 atom stereocenters. The van der Waals surface area contributed by atoms with Crippen molar-refractivity contribution in [2.45, 2.75) is 50.7 Å². The molecule has 7 heteroatoms. The normalized spacial score (nSPS) is 14.2. The molecule has 0 spiro atoms. The monoisotopic (exact) mass is 421 g/mol. The second-order valence-corrected chi connectivity index (χ2v) is 8.80. The highest BCUT2D eigenvalue weighted by Crippen LogP contribution is 2.25. The first kappa shape index (κ1) is 20.5. The lowest BCUT2D eigenvalue weighted by molar-refractivity contribution is -0.119. The van der Waals surface area contributed by atoms with Gasteiger partial charge in [-0.25, -0.2) is 4.68 Å². The third-order valence-corrected chi connectivity index (χ3v) is 6.50. The van der Waals surface area contributed by atoms with Gasteiger partial charge < -0.3 is 11.2 Å². The van der Waals surface area contributed by atoms with E-state index in [-0.39, 0.29) is 17.7 Å². The number of aryl methyl sites for hydroxylation is 3. The van der Waals surface area contributed by atoms with E-state index in [0.29, 0.717) is 11.0 Å². The number of nitrogens with one attached hydrogen (secondary N) is 1. The van der Waals surface area contributed by atoms with E-state index >= 15 is 0 Å². The number of thioether (sulfide) groups is 1. The molecule has 6 nitrogen and oxygen atoms in total. The van der Waals surface area contributed by atoms with E-state index < -0.39 is 0 Å². The fraction of sp³-hybridized carbons (Fsp3) is 0.348. The Bertz CT molecular complexity index is 1040. The summed E-state index contributed by atoms with van der Waals surface area (Å²) in [7, 11) is 0. The van der Waals surface area contributed by atoms with Crippen molar-refractivity contribution in [2.75, 3.05) is 11.6 Å². The molecule has 1 heterocycles. The predicted octanol–water partition coefficient (Wildman–Crippen LogP) is 3.82. The van der Waals surface area contributed by atoms with Crippen molar-refractivity contribution in [2.24, 2.45) is 0 Å². The summed E-state index contributed by atoms with van der Waals surface area (Å²) in [4.78, 5) is 12.5. The lowest BCUT2D eigenvalue weighted by Crippen LogP contribution is -2.28. The number of benzene rings is 2. The minimum Gasteiger partial charge on any atom is -0.349 e. The highest BCUT2D eigenvalue weighted by molar-refractivity contribution is 7.99. The zero-order chi connectivity index (χ0) is 21.1. The molecule has 30 heavy (non-hydrogen) atoms. The Morgan fingerprint density at radius 1 is 1.13 bits per heavy atom. The second kappa shape index (κ2) is 8.92. The van der Waals surface area contributed by atoms with E-state index in [1.54, 1.807) is 0 Å².